The van der Waals surface area contributed by atoms with Gasteiger partial charge in [-0.05, 0) is 39.7 Å². The van der Waals surface area contributed by atoms with E-state index < -0.39 is 0 Å². The van der Waals surface area contributed by atoms with Crippen LogP contribution in [0.25, 0.3) is 10.8 Å². The van der Waals surface area contributed by atoms with Gasteiger partial charge < -0.3 is 10.1 Å². The Balaban J connectivity index is 1.69. The van der Waals surface area contributed by atoms with E-state index in [1.807, 2.05) is 49.4 Å². The lowest BCUT2D eigenvalue weighted by Gasteiger charge is -2.10. The van der Waals surface area contributed by atoms with E-state index in [9.17, 15) is 4.79 Å². The van der Waals surface area contributed by atoms with E-state index in [1.165, 1.54) is 0 Å². The summed E-state index contributed by atoms with van der Waals surface area (Å²) in [6.45, 7) is 1.81. The number of rotatable bonds is 4. The molecular weight excluding hydrogens is 358 g/mol. The number of aromatic nitrogens is 2. The Bertz CT molecular complexity index is 873. The van der Waals surface area contributed by atoms with Gasteiger partial charge in [-0.1, -0.05) is 30.3 Å². The molecule has 118 valence electrons. The van der Waals surface area contributed by atoms with Crippen molar-refractivity contribution >= 4 is 38.4 Å². The van der Waals surface area contributed by atoms with Crippen molar-refractivity contribution in [3.63, 3.8) is 0 Å². The Hall–Kier alpha value is -2.34. The molecule has 1 aromatic heterocycles. The number of hydrogen-bond acceptors (Lipinski definition) is 3. The number of hydrogen-bond donors (Lipinski definition) is 1. The molecule has 6 heteroatoms. The number of amides is 1. The monoisotopic (exact) mass is 373 g/mol. The zero-order valence-corrected chi connectivity index (χ0v) is 14.4. The lowest BCUT2D eigenvalue weighted by atomic mass is 10.1. The summed E-state index contributed by atoms with van der Waals surface area (Å²) in [5.74, 6) is 1.06. The predicted octanol–water partition coefficient (Wildman–Crippen LogP) is 3.66. The van der Waals surface area contributed by atoms with E-state index in [2.05, 4.69) is 26.3 Å². The summed E-state index contributed by atoms with van der Waals surface area (Å²) >= 11 is 3.54. The second-order valence-electron chi connectivity index (χ2n) is 5.23. The van der Waals surface area contributed by atoms with E-state index in [-0.39, 0.29) is 12.5 Å². The first-order valence-corrected chi connectivity index (χ1v) is 7.94. The molecule has 2 aromatic carbocycles. The molecule has 0 fully saturated rings. The molecule has 0 aliphatic carbocycles. The first-order chi connectivity index (χ1) is 11.0. The summed E-state index contributed by atoms with van der Waals surface area (Å²) in [4.78, 5) is 12.0. The molecule has 0 spiro atoms. The molecule has 0 bridgehead atoms. The average molecular weight is 374 g/mol. The Morgan fingerprint density at radius 1 is 1.30 bits per heavy atom. The van der Waals surface area contributed by atoms with Gasteiger partial charge in [-0.25, -0.2) is 0 Å². The predicted molar refractivity (Wildman–Crippen MR) is 93.7 cm³/mol. The minimum atomic E-state index is -0.229. The normalized spacial score (nSPS) is 10.7. The van der Waals surface area contributed by atoms with E-state index in [0.29, 0.717) is 11.6 Å². The van der Waals surface area contributed by atoms with Gasteiger partial charge in [0.25, 0.3) is 5.91 Å². The summed E-state index contributed by atoms with van der Waals surface area (Å²) < 4.78 is 8.11. The second-order valence-corrected chi connectivity index (χ2v) is 6.02. The number of nitrogens with one attached hydrogen (secondary N) is 1. The van der Waals surface area contributed by atoms with E-state index in [1.54, 1.807) is 11.7 Å². The molecule has 1 heterocycles. The van der Waals surface area contributed by atoms with E-state index >= 15 is 0 Å². The van der Waals surface area contributed by atoms with Gasteiger partial charge in [0.05, 0.1) is 10.2 Å². The molecule has 3 rings (SSSR count). The molecule has 0 radical (unpaired) electrons. The maximum atomic E-state index is 12.0. The van der Waals surface area contributed by atoms with Crippen LogP contribution in [-0.4, -0.2) is 22.3 Å². The number of benzene rings is 2. The summed E-state index contributed by atoms with van der Waals surface area (Å²) in [5.41, 5.74) is 0.848. The van der Waals surface area contributed by atoms with E-state index in [4.69, 9.17) is 4.74 Å². The van der Waals surface area contributed by atoms with Crippen molar-refractivity contribution in [2.45, 2.75) is 6.92 Å². The lowest BCUT2D eigenvalue weighted by Crippen LogP contribution is -2.21. The van der Waals surface area contributed by atoms with Gasteiger partial charge in [-0.2, -0.15) is 5.10 Å². The van der Waals surface area contributed by atoms with Crippen molar-refractivity contribution < 1.29 is 9.53 Å². The van der Waals surface area contributed by atoms with Crippen LogP contribution in [0.2, 0.25) is 0 Å². The summed E-state index contributed by atoms with van der Waals surface area (Å²) in [6, 6.07) is 13.6. The molecule has 0 unspecified atom stereocenters. The molecule has 0 atom stereocenters. The number of aryl methyl sites for hydroxylation is 2. The van der Waals surface area contributed by atoms with Crippen LogP contribution in [0.15, 0.2) is 46.9 Å². The molecule has 0 saturated carbocycles. The largest absolute Gasteiger partial charge is 0.483 e. The number of anilines is 1. The molecule has 0 aliphatic heterocycles. The molecular formula is C17H16BrN3O2. The molecule has 23 heavy (non-hydrogen) atoms. The average Bonchev–Trinajstić information content (AvgIpc) is 2.84. The van der Waals surface area contributed by atoms with Gasteiger partial charge >= 0.3 is 0 Å². The fourth-order valence-electron chi connectivity index (χ4n) is 2.37. The van der Waals surface area contributed by atoms with Crippen LogP contribution in [0.1, 0.15) is 5.69 Å². The number of halogens is 1. The Morgan fingerprint density at radius 3 is 2.83 bits per heavy atom. The van der Waals surface area contributed by atoms with Crippen molar-refractivity contribution in [3.05, 3.63) is 52.6 Å². The Morgan fingerprint density at radius 2 is 2.09 bits per heavy atom. The highest BCUT2D eigenvalue weighted by molar-refractivity contribution is 9.10. The van der Waals surface area contributed by atoms with Crippen molar-refractivity contribution in [1.29, 1.82) is 0 Å². The quantitative estimate of drug-likeness (QED) is 0.758. The van der Waals surface area contributed by atoms with Crippen LogP contribution in [0.5, 0.6) is 5.75 Å². The third kappa shape index (κ3) is 3.37. The molecule has 1 amide bonds. The lowest BCUT2D eigenvalue weighted by molar-refractivity contribution is -0.118. The highest BCUT2D eigenvalue weighted by Gasteiger charge is 2.10. The van der Waals surface area contributed by atoms with Gasteiger partial charge in [-0.15, -0.1) is 0 Å². The summed E-state index contributed by atoms with van der Waals surface area (Å²) in [7, 11) is 1.78. The Labute approximate surface area is 142 Å². The van der Waals surface area contributed by atoms with Gasteiger partial charge in [0.2, 0.25) is 0 Å². The molecule has 5 nitrogen and oxygen atoms in total. The zero-order chi connectivity index (χ0) is 16.4. The maximum absolute atomic E-state index is 12.0. The van der Waals surface area contributed by atoms with Crippen LogP contribution >= 0.6 is 15.9 Å². The van der Waals surface area contributed by atoms with Crippen molar-refractivity contribution in [2.75, 3.05) is 11.9 Å². The number of carbonyl (C=O) groups is 1. The molecule has 0 aliphatic rings. The smallest absolute Gasteiger partial charge is 0.263 e. The topological polar surface area (TPSA) is 56.1 Å². The third-order valence-electron chi connectivity index (χ3n) is 3.46. The maximum Gasteiger partial charge on any atom is 0.263 e. The van der Waals surface area contributed by atoms with Crippen LogP contribution in [0.3, 0.4) is 0 Å². The first-order valence-electron chi connectivity index (χ1n) is 7.15. The molecule has 3 aromatic rings. The first kappa shape index (κ1) is 15.6. The van der Waals surface area contributed by atoms with Crippen molar-refractivity contribution in [1.82, 2.24) is 9.78 Å². The van der Waals surface area contributed by atoms with E-state index in [0.717, 1.165) is 20.9 Å². The van der Waals surface area contributed by atoms with Crippen molar-refractivity contribution in [2.24, 2.45) is 7.05 Å². The second kappa shape index (κ2) is 6.42. The molecule has 1 N–H and O–H groups in total. The van der Waals surface area contributed by atoms with Crippen LogP contribution in [-0.2, 0) is 11.8 Å². The van der Waals surface area contributed by atoms with Crippen LogP contribution in [0, 0.1) is 6.92 Å². The highest BCUT2D eigenvalue weighted by Crippen LogP contribution is 2.32. The fraction of sp³-hybridized carbons (Fsp3) is 0.176. The third-order valence-corrected chi connectivity index (χ3v) is 4.27. The number of fused-ring (bicyclic) bond motifs is 1. The van der Waals surface area contributed by atoms with Crippen LogP contribution in [0.4, 0.5) is 5.82 Å². The number of nitrogens with zero attached hydrogens (tertiary/aromatic N) is 2. The number of carbonyl (C=O) groups excluding carboxylic acids is 1. The van der Waals surface area contributed by atoms with Crippen LogP contribution < -0.4 is 10.1 Å². The zero-order valence-electron chi connectivity index (χ0n) is 12.8. The summed E-state index contributed by atoms with van der Waals surface area (Å²) in [6.07, 6.45) is 0. The van der Waals surface area contributed by atoms with Gasteiger partial charge in [0.15, 0.2) is 6.61 Å². The fourth-order valence-corrected chi connectivity index (χ4v) is 2.98. The highest BCUT2D eigenvalue weighted by atomic mass is 79.9. The van der Waals surface area contributed by atoms with Gasteiger partial charge in [0.1, 0.15) is 11.6 Å². The summed E-state index contributed by atoms with van der Waals surface area (Å²) in [5, 5.41) is 9.12. The Kier molecular flexibility index (Phi) is 4.34. The van der Waals surface area contributed by atoms with Gasteiger partial charge in [0, 0.05) is 13.1 Å². The standard InChI is InChI=1S/C17H16BrN3O2/c1-11-9-15(21(2)20-11)19-16(22)10-23-14-8-7-12-5-3-4-6-13(12)17(14)18/h3-9H,10H2,1-2H3,(H,19,22). The SMILES string of the molecule is Cc1cc(NC(=O)COc2ccc3ccccc3c2Br)n(C)n1. The van der Waals surface area contributed by atoms with Gasteiger partial charge in [-0.3, -0.25) is 9.48 Å². The van der Waals surface area contributed by atoms with Crippen molar-refractivity contribution in [3.8, 4) is 5.75 Å². The molecule has 0 saturated heterocycles. The minimum Gasteiger partial charge on any atom is -0.483 e. The minimum absolute atomic E-state index is 0.0683. The number of ether oxygens (including phenoxy) is 1.